The van der Waals surface area contributed by atoms with E-state index in [1.165, 1.54) is 5.56 Å². The van der Waals surface area contributed by atoms with E-state index in [4.69, 9.17) is 5.73 Å². The Labute approximate surface area is 105 Å². The number of fused-ring (bicyclic) bond motifs is 1. The van der Waals surface area contributed by atoms with Crippen LogP contribution in [0.2, 0.25) is 0 Å². The van der Waals surface area contributed by atoms with Crippen LogP contribution in [0.25, 0.3) is 11.0 Å². The van der Waals surface area contributed by atoms with Crippen molar-refractivity contribution in [3.8, 4) is 0 Å². The van der Waals surface area contributed by atoms with Gasteiger partial charge in [0.25, 0.3) is 0 Å². The van der Waals surface area contributed by atoms with E-state index < -0.39 is 0 Å². The first kappa shape index (κ1) is 10.7. The molecule has 3 rings (SSSR count). The van der Waals surface area contributed by atoms with Crippen molar-refractivity contribution in [3.05, 3.63) is 54.4 Å². The summed E-state index contributed by atoms with van der Waals surface area (Å²) in [6.07, 6.45) is 1.70. The third-order valence-corrected chi connectivity index (χ3v) is 2.90. The van der Waals surface area contributed by atoms with Crippen molar-refractivity contribution in [3.63, 3.8) is 0 Å². The van der Waals surface area contributed by atoms with E-state index in [1.54, 1.807) is 6.33 Å². The summed E-state index contributed by atoms with van der Waals surface area (Å²) in [6, 6.07) is 14.0. The largest absolute Gasteiger partial charge is 0.399 e. The molecule has 0 bridgehead atoms. The van der Waals surface area contributed by atoms with Crippen molar-refractivity contribution in [2.45, 2.75) is 6.54 Å². The minimum Gasteiger partial charge on any atom is -0.399 e. The summed E-state index contributed by atoms with van der Waals surface area (Å²) in [5.41, 5.74) is 10.7. The van der Waals surface area contributed by atoms with Crippen molar-refractivity contribution in [2.75, 3.05) is 11.1 Å². The quantitative estimate of drug-likeness (QED) is 0.615. The van der Waals surface area contributed by atoms with E-state index in [-0.39, 0.29) is 0 Å². The van der Waals surface area contributed by atoms with Crippen LogP contribution in [0.15, 0.2) is 48.8 Å². The topological polar surface area (TPSA) is 66.7 Å². The van der Waals surface area contributed by atoms with E-state index in [0.717, 1.165) is 29.0 Å². The molecule has 0 fully saturated rings. The van der Waals surface area contributed by atoms with Crippen LogP contribution in [-0.4, -0.2) is 9.97 Å². The van der Waals surface area contributed by atoms with Crippen molar-refractivity contribution in [1.82, 2.24) is 9.97 Å². The summed E-state index contributed by atoms with van der Waals surface area (Å²) < 4.78 is 0. The summed E-state index contributed by atoms with van der Waals surface area (Å²) in [5, 5.41) is 3.37. The number of benzene rings is 2. The maximum Gasteiger partial charge on any atom is 0.0931 e. The Morgan fingerprint density at radius 1 is 1.11 bits per heavy atom. The van der Waals surface area contributed by atoms with Gasteiger partial charge in [0, 0.05) is 17.9 Å². The van der Waals surface area contributed by atoms with E-state index in [0.29, 0.717) is 0 Å². The first-order valence-electron chi connectivity index (χ1n) is 5.83. The standard InChI is InChI=1S/C14H14N4/c15-11-3-1-10(2-4-11)8-16-12-5-6-13-14(7-12)18-9-17-13/h1-7,9,16H,8,15H2,(H,17,18). The van der Waals surface area contributed by atoms with Gasteiger partial charge in [0.2, 0.25) is 0 Å². The molecule has 0 atom stereocenters. The van der Waals surface area contributed by atoms with E-state index >= 15 is 0 Å². The number of nitrogen functional groups attached to an aromatic ring is 1. The molecule has 0 saturated carbocycles. The molecule has 0 amide bonds. The van der Waals surface area contributed by atoms with Crippen LogP contribution in [0.5, 0.6) is 0 Å². The third kappa shape index (κ3) is 2.13. The van der Waals surface area contributed by atoms with Crippen LogP contribution in [0.3, 0.4) is 0 Å². The number of nitrogens with one attached hydrogen (secondary N) is 2. The Hall–Kier alpha value is -2.49. The average Bonchev–Trinajstić information content (AvgIpc) is 2.85. The highest BCUT2D eigenvalue weighted by Crippen LogP contribution is 2.16. The number of nitrogens with two attached hydrogens (primary N) is 1. The first-order chi connectivity index (χ1) is 8.81. The molecule has 0 unspecified atom stereocenters. The molecule has 0 spiro atoms. The Bertz CT molecular complexity index is 655. The molecule has 0 aliphatic heterocycles. The lowest BCUT2D eigenvalue weighted by Crippen LogP contribution is -1.99. The monoisotopic (exact) mass is 238 g/mol. The van der Waals surface area contributed by atoms with Crippen LogP contribution in [0, 0.1) is 0 Å². The molecule has 18 heavy (non-hydrogen) atoms. The molecule has 2 aromatic carbocycles. The molecule has 1 heterocycles. The van der Waals surface area contributed by atoms with Crippen LogP contribution in [-0.2, 0) is 6.54 Å². The molecular weight excluding hydrogens is 224 g/mol. The summed E-state index contributed by atoms with van der Waals surface area (Å²) in [5.74, 6) is 0. The maximum atomic E-state index is 5.65. The summed E-state index contributed by atoms with van der Waals surface area (Å²) in [4.78, 5) is 7.29. The molecule has 1 aromatic heterocycles. The number of imidazole rings is 1. The fraction of sp³-hybridized carbons (Fsp3) is 0.0714. The molecule has 0 aliphatic carbocycles. The molecule has 0 radical (unpaired) electrons. The SMILES string of the molecule is Nc1ccc(CNc2ccc3nc[nH]c3c2)cc1. The highest BCUT2D eigenvalue weighted by molar-refractivity contribution is 5.78. The molecule has 90 valence electrons. The zero-order valence-electron chi connectivity index (χ0n) is 9.85. The van der Waals surface area contributed by atoms with Gasteiger partial charge in [-0.15, -0.1) is 0 Å². The smallest absolute Gasteiger partial charge is 0.0931 e. The fourth-order valence-electron chi connectivity index (χ4n) is 1.89. The van der Waals surface area contributed by atoms with Gasteiger partial charge in [0.15, 0.2) is 0 Å². The van der Waals surface area contributed by atoms with Gasteiger partial charge < -0.3 is 16.0 Å². The Morgan fingerprint density at radius 3 is 2.78 bits per heavy atom. The lowest BCUT2D eigenvalue weighted by molar-refractivity contribution is 1.15. The van der Waals surface area contributed by atoms with E-state index in [1.807, 2.05) is 36.4 Å². The van der Waals surface area contributed by atoms with Gasteiger partial charge in [0.05, 0.1) is 17.4 Å². The Morgan fingerprint density at radius 2 is 1.94 bits per heavy atom. The number of anilines is 2. The minimum absolute atomic E-state index is 0.778. The number of rotatable bonds is 3. The number of aromatic amines is 1. The van der Waals surface area contributed by atoms with Gasteiger partial charge in [-0.05, 0) is 35.9 Å². The zero-order chi connectivity index (χ0) is 12.4. The Kier molecular flexibility index (Phi) is 2.61. The molecule has 3 aromatic rings. The molecule has 0 aliphatic rings. The Balaban J connectivity index is 1.74. The van der Waals surface area contributed by atoms with Crippen molar-refractivity contribution in [1.29, 1.82) is 0 Å². The number of aromatic nitrogens is 2. The summed E-state index contributed by atoms with van der Waals surface area (Å²) >= 11 is 0. The summed E-state index contributed by atoms with van der Waals surface area (Å²) in [7, 11) is 0. The molecular formula is C14H14N4. The van der Waals surface area contributed by atoms with Gasteiger partial charge >= 0.3 is 0 Å². The number of nitrogens with zero attached hydrogens (tertiary/aromatic N) is 1. The lowest BCUT2D eigenvalue weighted by Gasteiger charge is -2.06. The molecule has 0 saturated heterocycles. The second-order valence-corrected chi connectivity index (χ2v) is 4.23. The van der Waals surface area contributed by atoms with Crippen LogP contribution >= 0.6 is 0 Å². The minimum atomic E-state index is 0.778. The van der Waals surface area contributed by atoms with Crippen molar-refractivity contribution < 1.29 is 0 Å². The fourth-order valence-corrected chi connectivity index (χ4v) is 1.89. The number of H-pyrrole nitrogens is 1. The highest BCUT2D eigenvalue weighted by Gasteiger charge is 1.98. The normalized spacial score (nSPS) is 10.7. The first-order valence-corrected chi connectivity index (χ1v) is 5.83. The second kappa shape index (κ2) is 4.41. The lowest BCUT2D eigenvalue weighted by atomic mass is 10.2. The van der Waals surface area contributed by atoms with Crippen LogP contribution in [0.1, 0.15) is 5.56 Å². The van der Waals surface area contributed by atoms with Gasteiger partial charge in [-0.3, -0.25) is 0 Å². The third-order valence-electron chi connectivity index (χ3n) is 2.90. The average molecular weight is 238 g/mol. The molecule has 4 nitrogen and oxygen atoms in total. The maximum absolute atomic E-state index is 5.65. The molecule has 4 N–H and O–H groups in total. The van der Waals surface area contributed by atoms with E-state index in [9.17, 15) is 0 Å². The zero-order valence-corrected chi connectivity index (χ0v) is 9.85. The summed E-state index contributed by atoms with van der Waals surface area (Å²) in [6.45, 7) is 0.778. The number of hydrogen-bond donors (Lipinski definition) is 3. The van der Waals surface area contributed by atoms with Crippen LogP contribution < -0.4 is 11.1 Å². The number of hydrogen-bond acceptors (Lipinski definition) is 3. The predicted molar refractivity (Wildman–Crippen MR) is 74.3 cm³/mol. The molecule has 4 heteroatoms. The van der Waals surface area contributed by atoms with E-state index in [2.05, 4.69) is 21.4 Å². The van der Waals surface area contributed by atoms with Crippen LogP contribution in [0.4, 0.5) is 11.4 Å². The van der Waals surface area contributed by atoms with Gasteiger partial charge in [-0.25, -0.2) is 4.98 Å². The van der Waals surface area contributed by atoms with Gasteiger partial charge in [-0.1, -0.05) is 12.1 Å². The van der Waals surface area contributed by atoms with Gasteiger partial charge in [0.1, 0.15) is 0 Å². The highest BCUT2D eigenvalue weighted by atomic mass is 14.9. The van der Waals surface area contributed by atoms with Crippen molar-refractivity contribution in [2.24, 2.45) is 0 Å². The second-order valence-electron chi connectivity index (χ2n) is 4.23. The van der Waals surface area contributed by atoms with Gasteiger partial charge in [-0.2, -0.15) is 0 Å². The van der Waals surface area contributed by atoms with Crippen molar-refractivity contribution >= 4 is 22.4 Å². The predicted octanol–water partition coefficient (Wildman–Crippen LogP) is 2.76.